The van der Waals surface area contributed by atoms with Crippen LogP contribution in [0.5, 0.6) is 0 Å². The number of fused-ring (bicyclic) bond motifs is 1. The molecule has 86 valence electrons. The van der Waals surface area contributed by atoms with Gasteiger partial charge < -0.3 is 0 Å². The summed E-state index contributed by atoms with van der Waals surface area (Å²) in [7, 11) is 0. The van der Waals surface area contributed by atoms with E-state index in [9.17, 15) is 4.79 Å². The van der Waals surface area contributed by atoms with Gasteiger partial charge in [0.15, 0.2) is 6.29 Å². The van der Waals surface area contributed by atoms with E-state index in [-0.39, 0.29) is 0 Å². The number of pyridine rings is 1. The molecule has 0 N–H and O–H groups in total. The minimum Gasteiger partial charge on any atom is -0.298 e. The molecule has 1 heterocycles. The molecule has 0 amide bonds. The molecule has 0 bridgehead atoms. The van der Waals surface area contributed by atoms with Crippen molar-refractivity contribution in [2.45, 2.75) is 0 Å². The molecule has 0 saturated heterocycles. The zero-order valence-corrected chi connectivity index (χ0v) is 9.71. The average molecular weight is 233 g/mol. The van der Waals surface area contributed by atoms with Gasteiger partial charge in [0.05, 0.1) is 5.69 Å². The SMILES string of the molecule is O=Cc1ccc(-c2cccc3ccccc23)nc1. The van der Waals surface area contributed by atoms with Crippen molar-refractivity contribution in [3.63, 3.8) is 0 Å². The Morgan fingerprint density at radius 1 is 0.889 bits per heavy atom. The largest absolute Gasteiger partial charge is 0.298 e. The van der Waals surface area contributed by atoms with Gasteiger partial charge in [-0.05, 0) is 22.9 Å². The maximum atomic E-state index is 10.6. The average Bonchev–Trinajstić information content (AvgIpc) is 2.47. The van der Waals surface area contributed by atoms with Crippen molar-refractivity contribution in [1.82, 2.24) is 4.98 Å². The molecule has 0 radical (unpaired) electrons. The maximum Gasteiger partial charge on any atom is 0.151 e. The summed E-state index contributed by atoms with van der Waals surface area (Å²) in [5, 5.41) is 2.36. The first kappa shape index (κ1) is 10.7. The summed E-state index contributed by atoms with van der Waals surface area (Å²) in [5.41, 5.74) is 2.57. The summed E-state index contributed by atoms with van der Waals surface area (Å²) in [6.07, 6.45) is 2.41. The Morgan fingerprint density at radius 3 is 2.50 bits per heavy atom. The second-order valence-corrected chi connectivity index (χ2v) is 4.12. The molecular formula is C16H11NO. The van der Waals surface area contributed by atoms with Crippen molar-refractivity contribution in [3.05, 3.63) is 66.4 Å². The first-order chi connectivity index (χ1) is 8.88. The van der Waals surface area contributed by atoms with Gasteiger partial charge in [0.2, 0.25) is 0 Å². The lowest BCUT2D eigenvalue weighted by Gasteiger charge is -2.05. The van der Waals surface area contributed by atoms with Crippen LogP contribution in [0.15, 0.2) is 60.8 Å². The summed E-state index contributed by atoms with van der Waals surface area (Å²) < 4.78 is 0. The number of benzene rings is 2. The predicted molar refractivity (Wildman–Crippen MR) is 72.6 cm³/mol. The first-order valence-electron chi connectivity index (χ1n) is 5.78. The Morgan fingerprint density at radius 2 is 1.72 bits per heavy atom. The third kappa shape index (κ3) is 1.78. The quantitative estimate of drug-likeness (QED) is 0.631. The third-order valence-electron chi connectivity index (χ3n) is 2.99. The highest BCUT2D eigenvalue weighted by molar-refractivity contribution is 5.95. The molecule has 0 unspecified atom stereocenters. The maximum absolute atomic E-state index is 10.6. The van der Waals surface area contributed by atoms with Crippen LogP contribution >= 0.6 is 0 Å². The van der Waals surface area contributed by atoms with Crippen LogP contribution in [0.3, 0.4) is 0 Å². The number of aromatic nitrogens is 1. The highest BCUT2D eigenvalue weighted by Crippen LogP contribution is 2.26. The molecule has 18 heavy (non-hydrogen) atoms. The van der Waals surface area contributed by atoms with E-state index in [0.29, 0.717) is 5.56 Å². The second-order valence-electron chi connectivity index (χ2n) is 4.12. The van der Waals surface area contributed by atoms with E-state index in [1.807, 2.05) is 30.3 Å². The van der Waals surface area contributed by atoms with Crippen LogP contribution < -0.4 is 0 Å². The fourth-order valence-electron chi connectivity index (χ4n) is 2.08. The van der Waals surface area contributed by atoms with Crippen LogP contribution in [0.2, 0.25) is 0 Å². The molecule has 0 aliphatic rings. The van der Waals surface area contributed by atoms with E-state index < -0.39 is 0 Å². The molecule has 0 atom stereocenters. The first-order valence-corrected chi connectivity index (χ1v) is 5.78. The zero-order chi connectivity index (χ0) is 12.4. The van der Waals surface area contributed by atoms with Crippen LogP contribution in [0, 0.1) is 0 Å². The van der Waals surface area contributed by atoms with E-state index >= 15 is 0 Å². The molecular weight excluding hydrogens is 222 g/mol. The molecule has 0 fully saturated rings. The standard InChI is InChI=1S/C16H11NO/c18-11-12-8-9-16(17-10-12)15-7-3-5-13-4-1-2-6-14(13)15/h1-11H. The van der Waals surface area contributed by atoms with E-state index in [2.05, 4.69) is 23.2 Å². The molecule has 2 heteroatoms. The van der Waals surface area contributed by atoms with Gasteiger partial charge in [-0.2, -0.15) is 0 Å². The van der Waals surface area contributed by atoms with Crippen LogP contribution in [0.4, 0.5) is 0 Å². The summed E-state index contributed by atoms with van der Waals surface area (Å²) in [6, 6.07) is 18.0. The fourth-order valence-corrected chi connectivity index (χ4v) is 2.08. The van der Waals surface area contributed by atoms with Crippen molar-refractivity contribution < 1.29 is 4.79 Å². The minimum absolute atomic E-state index is 0.596. The Labute approximate surface area is 105 Å². The van der Waals surface area contributed by atoms with Gasteiger partial charge in [0, 0.05) is 17.3 Å². The van der Waals surface area contributed by atoms with Gasteiger partial charge in [-0.25, -0.2) is 0 Å². The summed E-state index contributed by atoms with van der Waals surface area (Å²) in [4.78, 5) is 15.0. The van der Waals surface area contributed by atoms with Gasteiger partial charge in [-0.1, -0.05) is 42.5 Å². The topological polar surface area (TPSA) is 30.0 Å². The van der Waals surface area contributed by atoms with E-state index in [0.717, 1.165) is 17.5 Å². The van der Waals surface area contributed by atoms with E-state index in [1.165, 1.54) is 10.8 Å². The lowest BCUT2D eigenvalue weighted by atomic mass is 10.0. The van der Waals surface area contributed by atoms with Crippen molar-refractivity contribution in [2.75, 3.05) is 0 Å². The lowest BCUT2D eigenvalue weighted by Crippen LogP contribution is -1.87. The van der Waals surface area contributed by atoms with Gasteiger partial charge in [0.1, 0.15) is 0 Å². The Bertz CT molecular complexity index is 696. The molecule has 3 aromatic rings. The van der Waals surface area contributed by atoms with Gasteiger partial charge in [-0.3, -0.25) is 9.78 Å². The smallest absolute Gasteiger partial charge is 0.151 e. The molecule has 0 aliphatic carbocycles. The number of hydrogen-bond acceptors (Lipinski definition) is 2. The highest BCUT2D eigenvalue weighted by Gasteiger charge is 2.04. The Balaban J connectivity index is 2.21. The lowest BCUT2D eigenvalue weighted by molar-refractivity contribution is 0.112. The molecule has 0 saturated carbocycles. The molecule has 0 spiro atoms. The minimum atomic E-state index is 0.596. The number of nitrogens with zero attached hydrogens (tertiary/aromatic N) is 1. The molecule has 2 nitrogen and oxygen atoms in total. The molecule has 2 aromatic carbocycles. The van der Waals surface area contributed by atoms with Crippen LogP contribution in [-0.2, 0) is 0 Å². The number of carbonyl (C=O) groups excluding carboxylic acids is 1. The molecule has 0 aliphatic heterocycles. The van der Waals surface area contributed by atoms with Gasteiger partial charge >= 0.3 is 0 Å². The molecule has 3 rings (SSSR count). The van der Waals surface area contributed by atoms with Gasteiger partial charge in [0.25, 0.3) is 0 Å². The second kappa shape index (κ2) is 4.41. The zero-order valence-electron chi connectivity index (χ0n) is 9.71. The highest BCUT2D eigenvalue weighted by atomic mass is 16.1. The number of hydrogen-bond donors (Lipinski definition) is 0. The van der Waals surface area contributed by atoms with Crippen LogP contribution in [-0.4, -0.2) is 11.3 Å². The van der Waals surface area contributed by atoms with Crippen molar-refractivity contribution in [1.29, 1.82) is 0 Å². The van der Waals surface area contributed by atoms with Crippen LogP contribution in [0.1, 0.15) is 10.4 Å². The summed E-state index contributed by atoms with van der Waals surface area (Å²) in [5.74, 6) is 0. The Hall–Kier alpha value is -2.48. The van der Waals surface area contributed by atoms with E-state index in [4.69, 9.17) is 0 Å². The summed E-state index contributed by atoms with van der Waals surface area (Å²) >= 11 is 0. The van der Waals surface area contributed by atoms with E-state index in [1.54, 1.807) is 12.3 Å². The number of rotatable bonds is 2. The van der Waals surface area contributed by atoms with Crippen molar-refractivity contribution >= 4 is 17.1 Å². The van der Waals surface area contributed by atoms with Crippen LogP contribution in [0.25, 0.3) is 22.0 Å². The number of aldehydes is 1. The van der Waals surface area contributed by atoms with Crippen molar-refractivity contribution in [2.24, 2.45) is 0 Å². The normalized spacial score (nSPS) is 10.4. The van der Waals surface area contributed by atoms with Crippen molar-refractivity contribution in [3.8, 4) is 11.3 Å². The summed E-state index contributed by atoms with van der Waals surface area (Å²) in [6.45, 7) is 0. The number of carbonyl (C=O) groups is 1. The predicted octanol–water partition coefficient (Wildman–Crippen LogP) is 3.71. The monoisotopic (exact) mass is 233 g/mol. The fraction of sp³-hybridized carbons (Fsp3) is 0. The third-order valence-corrected chi connectivity index (χ3v) is 2.99. The Kier molecular flexibility index (Phi) is 2.61. The van der Waals surface area contributed by atoms with Gasteiger partial charge in [-0.15, -0.1) is 0 Å². The molecule has 1 aromatic heterocycles.